The number of halogens is 2. The van der Waals surface area contributed by atoms with Gasteiger partial charge in [0.1, 0.15) is 11.8 Å². The molecule has 0 saturated heterocycles. The smallest absolute Gasteiger partial charge is 0.114 e. The summed E-state index contributed by atoms with van der Waals surface area (Å²) in [6.07, 6.45) is 0.256. The van der Waals surface area contributed by atoms with Crippen molar-refractivity contribution in [3.05, 3.63) is 33.8 Å². The second-order valence-corrected chi connectivity index (χ2v) is 3.35. The van der Waals surface area contributed by atoms with Gasteiger partial charge in [0.2, 0.25) is 0 Å². The molecule has 0 radical (unpaired) electrons. The third-order valence-electron chi connectivity index (χ3n) is 1.52. The zero-order chi connectivity index (χ0) is 9.84. The number of rotatable bonds is 2. The van der Waals surface area contributed by atoms with Crippen molar-refractivity contribution in [3.63, 3.8) is 0 Å². The van der Waals surface area contributed by atoms with Crippen LogP contribution < -0.4 is 0 Å². The van der Waals surface area contributed by atoms with Crippen molar-refractivity contribution >= 4 is 28.9 Å². The van der Waals surface area contributed by atoms with Gasteiger partial charge in [-0.15, -0.1) is 0 Å². The zero-order valence-corrected chi connectivity index (χ0v) is 8.15. The molecule has 0 unspecified atom stereocenters. The number of hydrogen-bond donors (Lipinski definition) is 1. The minimum Gasteiger partial charge on any atom is -0.294 e. The zero-order valence-electron chi connectivity index (χ0n) is 6.64. The fourth-order valence-electron chi connectivity index (χ4n) is 0.895. The van der Waals surface area contributed by atoms with Gasteiger partial charge in [-0.3, -0.25) is 5.41 Å². The van der Waals surface area contributed by atoms with Gasteiger partial charge < -0.3 is 0 Å². The molecule has 1 aromatic carbocycles. The lowest BCUT2D eigenvalue weighted by Gasteiger charge is -2.01. The lowest BCUT2D eigenvalue weighted by Crippen LogP contribution is -1.97. The molecular weight excluding hydrogens is 207 g/mol. The van der Waals surface area contributed by atoms with Gasteiger partial charge in [-0.25, -0.2) is 0 Å². The average molecular weight is 213 g/mol. The highest BCUT2D eigenvalue weighted by molar-refractivity contribution is 6.35. The minimum absolute atomic E-state index is 0.00998. The summed E-state index contributed by atoms with van der Waals surface area (Å²) in [6, 6.07) is 6.75. The fraction of sp³-hybridized carbons (Fsp3) is 0.111. The Balaban J connectivity index is 2.91. The first-order valence-corrected chi connectivity index (χ1v) is 4.30. The summed E-state index contributed by atoms with van der Waals surface area (Å²) in [5, 5.41) is 16.6. The van der Waals surface area contributed by atoms with E-state index < -0.39 is 0 Å². The van der Waals surface area contributed by atoms with Crippen LogP contribution in [-0.2, 0) is 6.42 Å². The summed E-state index contributed by atoms with van der Waals surface area (Å²) >= 11 is 11.5. The van der Waals surface area contributed by atoms with Crippen molar-refractivity contribution in [2.75, 3.05) is 0 Å². The van der Waals surface area contributed by atoms with E-state index in [-0.39, 0.29) is 12.1 Å². The molecule has 0 fully saturated rings. The Bertz CT molecular complexity index is 380. The highest BCUT2D eigenvalue weighted by atomic mass is 35.5. The van der Waals surface area contributed by atoms with Gasteiger partial charge in [-0.1, -0.05) is 29.3 Å². The van der Waals surface area contributed by atoms with E-state index >= 15 is 0 Å². The summed E-state index contributed by atoms with van der Waals surface area (Å²) < 4.78 is 0. The van der Waals surface area contributed by atoms with Crippen LogP contribution in [0.25, 0.3) is 0 Å². The van der Waals surface area contributed by atoms with Gasteiger partial charge in [0.15, 0.2) is 0 Å². The van der Waals surface area contributed by atoms with Gasteiger partial charge >= 0.3 is 0 Å². The third-order valence-corrected chi connectivity index (χ3v) is 2.10. The molecule has 0 spiro atoms. The normalized spacial score (nSPS) is 9.31. The van der Waals surface area contributed by atoms with E-state index in [9.17, 15) is 0 Å². The molecule has 0 bridgehead atoms. The Hall–Kier alpha value is -1.04. The quantitative estimate of drug-likeness (QED) is 0.754. The molecule has 1 rings (SSSR count). The van der Waals surface area contributed by atoms with Gasteiger partial charge in [0, 0.05) is 16.5 Å². The maximum atomic E-state index is 8.40. The molecule has 0 heterocycles. The molecule has 0 saturated carbocycles. The van der Waals surface area contributed by atoms with E-state index in [2.05, 4.69) is 0 Å². The summed E-state index contributed by atoms with van der Waals surface area (Å²) in [4.78, 5) is 0. The minimum atomic E-state index is -0.00998. The predicted molar refractivity (Wildman–Crippen MR) is 53.5 cm³/mol. The summed E-state index contributed by atoms with van der Waals surface area (Å²) in [5.74, 6) is 0. The molecule has 0 aromatic heterocycles. The van der Waals surface area contributed by atoms with Crippen LogP contribution in [0.2, 0.25) is 10.0 Å². The first-order valence-electron chi connectivity index (χ1n) is 3.55. The Morgan fingerprint density at radius 2 is 2.15 bits per heavy atom. The number of nitriles is 1. The monoisotopic (exact) mass is 212 g/mol. The van der Waals surface area contributed by atoms with Crippen LogP contribution in [0.15, 0.2) is 18.2 Å². The Kier molecular flexibility index (Phi) is 3.30. The standard InChI is InChI=1S/C9H6Cl2N2/c10-7-2-1-6(9(11)4-7)3-8(13)5-12/h1-2,4,13H,3H2. The van der Waals surface area contributed by atoms with Crippen LogP contribution in [0.3, 0.4) is 0 Å². The second kappa shape index (κ2) is 4.27. The predicted octanol–water partition coefficient (Wildman–Crippen LogP) is 3.08. The number of nitrogens with one attached hydrogen (secondary N) is 1. The lowest BCUT2D eigenvalue weighted by atomic mass is 10.1. The maximum absolute atomic E-state index is 8.40. The highest BCUT2D eigenvalue weighted by Gasteiger charge is 2.03. The molecule has 0 aliphatic rings. The molecule has 0 aliphatic carbocycles. The van der Waals surface area contributed by atoms with Gasteiger partial charge in [-0.05, 0) is 17.7 Å². The Morgan fingerprint density at radius 3 is 2.69 bits per heavy atom. The van der Waals surface area contributed by atoms with E-state index in [1.807, 2.05) is 0 Å². The maximum Gasteiger partial charge on any atom is 0.114 e. The van der Waals surface area contributed by atoms with Crippen molar-refractivity contribution < 1.29 is 0 Å². The number of nitrogens with zero attached hydrogens (tertiary/aromatic N) is 1. The molecule has 1 N–H and O–H groups in total. The SMILES string of the molecule is N#CC(=N)Cc1ccc(Cl)cc1Cl. The number of benzene rings is 1. The van der Waals surface area contributed by atoms with Crippen molar-refractivity contribution in [3.8, 4) is 6.07 Å². The largest absolute Gasteiger partial charge is 0.294 e. The van der Waals surface area contributed by atoms with Crippen LogP contribution in [0.5, 0.6) is 0 Å². The molecule has 66 valence electrons. The van der Waals surface area contributed by atoms with E-state index in [4.69, 9.17) is 33.9 Å². The van der Waals surface area contributed by atoms with Crippen molar-refractivity contribution in [1.29, 1.82) is 10.7 Å². The first kappa shape index (κ1) is 10.0. The second-order valence-electron chi connectivity index (χ2n) is 2.50. The average Bonchev–Trinajstić information content (AvgIpc) is 2.09. The van der Waals surface area contributed by atoms with Crippen molar-refractivity contribution in [1.82, 2.24) is 0 Å². The van der Waals surface area contributed by atoms with Crippen LogP contribution in [0, 0.1) is 16.7 Å². The van der Waals surface area contributed by atoms with Crippen molar-refractivity contribution in [2.45, 2.75) is 6.42 Å². The van der Waals surface area contributed by atoms with Crippen molar-refractivity contribution in [2.24, 2.45) is 0 Å². The molecule has 0 atom stereocenters. The van der Waals surface area contributed by atoms with E-state index in [1.54, 1.807) is 24.3 Å². The van der Waals surface area contributed by atoms with E-state index in [1.165, 1.54) is 0 Å². The third kappa shape index (κ3) is 2.73. The Morgan fingerprint density at radius 1 is 1.46 bits per heavy atom. The lowest BCUT2D eigenvalue weighted by molar-refractivity contribution is 1.29. The number of hydrogen-bond acceptors (Lipinski definition) is 2. The Labute approximate surface area is 86.2 Å². The van der Waals surface area contributed by atoms with Gasteiger partial charge in [-0.2, -0.15) is 5.26 Å². The van der Waals surface area contributed by atoms with Crippen LogP contribution in [0.4, 0.5) is 0 Å². The topological polar surface area (TPSA) is 47.6 Å². The molecule has 13 heavy (non-hydrogen) atoms. The molecular formula is C9H6Cl2N2. The van der Waals surface area contributed by atoms with Crippen LogP contribution in [-0.4, -0.2) is 5.71 Å². The molecule has 0 amide bonds. The van der Waals surface area contributed by atoms with Gasteiger partial charge in [0.25, 0.3) is 0 Å². The first-order chi connectivity index (χ1) is 6.13. The van der Waals surface area contributed by atoms with E-state index in [0.717, 1.165) is 5.56 Å². The van der Waals surface area contributed by atoms with E-state index in [0.29, 0.717) is 10.0 Å². The summed E-state index contributed by atoms with van der Waals surface area (Å²) in [7, 11) is 0. The highest BCUT2D eigenvalue weighted by Crippen LogP contribution is 2.21. The van der Waals surface area contributed by atoms with Crippen LogP contribution >= 0.6 is 23.2 Å². The molecule has 4 heteroatoms. The summed E-state index contributed by atoms with van der Waals surface area (Å²) in [5.41, 5.74) is 0.738. The van der Waals surface area contributed by atoms with Gasteiger partial charge in [0.05, 0.1) is 0 Å². The molecule has 0 aliphatic heterocycles. The molecule has 1 aromatic rings. The molecule has 2 nitrogen and oxygen atoms in total. The summed E-state index contributed by atoms with van der Waals surface area (Å²) in [6.45, 7) is 0. The van der Waals surface area contributed by atoms with Crippen LogP contribution in [0.1, 0.15) is 5.56 Å². The fourth-order valence-corrected chi connectivity index (χ4v) is 1.37.